The van der Waals surface area contributed by atoms with Gasteiger partial charge in [-0.25, -0.2) is 9.97 Å². The summed E-state index contributed by atoms with van der Waals surface area (Å²) in [7, 11) is 0. The molecule has 0 spiro atoms. The van der Waals surface area contributed by atoms with Crippen molar-refractivity contribution in [2.45, 2.75) is 34.1 Å². The summed E-state index contributed by atoms with van der Waals surface area (Å²) in [6, 6.07) is 16.9. The zero-order valence-electron chi connectivity index (χ0n) is 19.1. The number of allylic oxidation sites excluding steroid dienone is 2. The van der Waals surface area contributed by atoms with Gasteiger partial charge >= 0.3 is 0 Å². The fourth-order valence-corrected chi connectivity index (χ4v) is 5.21. The van der Waals surface area contributed by atoms with Crippen LogP contribution < -0.4 is 0 Å². The van der Waals surface area contributed by atoms with Crippen molar-refractivity contribution in [2.75, 3.05) is 0 Å². The molecule has 4 nitrogen and oxygen atoms in total. The van der Waals surface area contributed by atoms with Crippen LogP contribution in [0.1, 0.15) is 53.2 Å². The van der Waals surface area contributed by atoms with Crippen molar-refractivity contribution in [3.05, 3.63) is 92.3 Å². The molecule has 0 atom stereocenters. The van der Waals surface area contributed by atoms with E-state index in [0.717, 1.165) is 78.2 Å². The Morgan fingerprint density at radius 2 is 1.85 bits per heavy atom. The number of aromatic nitrogens is 3. The second-order valence-corrected chi connectivity index (χ2v) is 9.27. The van der Waals surface area contributed by atoms with Crippen molar-refractivity contribution >= 4 is 44.3 Å². The van der Waals surface area contributed by atoms with E-state index in [9.17, 15) is 5.26 Å². The van der Waals surface area contributed by atoms with Crippen LogP contribution in [0.15, 0.2) is 53.0 Å². The number of halogens is 1. The van der Waals surface area contributed by atoms with E-state index in [1.807, 2.05) is 19.1 Å². The van der Waals surface area contributed by atoms with Crippen molar-refractivity contribution in [1.82, 2.24) is 14.5 Å². The molecule has 0 amide bonds. The van der Waals surface area contributed by atoms with Gasteiger partial charge in [0.1, 0.15) is 11.3 Å². The normalized spacial score (nSPS) is 13.9. The first-order valence-corrected chi connectivity index (χ1v) is 11.8. The lowest BCUT2D eigenvalue weighted by molar-refractivity contribution is 0.899. The van der Waals surface area contributed by atoms with Crippen LogP contribution in [-0.4, -0.2) is 14.5 Å². The van der Waals surface area contributed by atoms with Gasteiger partial charge in [-0.05, 0) is 84.5 Å². The molecule has 0 fully saturated rings. The van der Waals surface area contributed by atoms with Crippen LogP contribution >= 0.6 is 15.9 Å². The Labute approximate surface area is 202 Å². The number of aryl methyl sites for hydroxylation is 3. The molecule has 0 bridgehead atoms. The standard InChI is InChI=1S/C28H23BrN4/c1-5-26-32-27-17(3)13-18(4)31-28(27)33(26)19-9-10-21-22(11-12-30)20-7-6-8-25(29)24(20)14-16(2)23(21)15-19/h6-11,13-15H,5H2,1-4H3. The van der Waals surface area contributed by atoms with Crippen molar-refractivity contribution in [1.29, 1.82) is 5.26 Å². The Balaban J connectivity index is 1.81. The van der Waals surface area contributed by atoms with Crippen molar-refractivity contribution in [2.24, 2.45) is 0 Å². The van der Waals surface area contributed by atoms with Crippen LogP contribution in [0.2, 0.25) is 0 Å². The summed E-state index contributed by atoms with van der Waals surface area (Å²) in [5.41, 5.74) is 11.3. The SMILES string of the molecule is CCc1nc2c(C)cc(C)nc2n1-c1ccc2c(c1)C(C)=Cc1c(Br)cccc1C2=CC#N. The minimum atomic E-state index is 0.804. The third kappa shape index (κ3) is 3.42. The number of benzene rings is 2. The fraction of sp³-hybridized carbons (Fsp3) is 0.179. The Hall–Kier alpha value is -3.49. The molecular weight excluding hydrogens is 472 g/mol. The zero-order chi connectivity index (χ0) is 23.3. The molecule has 5 heteroatoms. The molecule has 33 heavy (non-hydrogen) atoms. The molecule has 1 aliphatic carbocycles. The molecule has 0 saturated heterocycles. The van der Waals surface area contributed by atoms with Crippen molar-refractivity contribution in [3.8, 4) is 11.8 Å². The predicted molar refractivity (Wildman–Crippen MR) is 138 cm³/mol. The van der Waals surface area contributed by atoms with Gasteiger partial charge in [-0.15, -0.1) is 0 Å². The zero-order valence-corrected chi connectivity index (χ0v) is 20.7. The first-order valence-electron chi connectivity index (χ1n) is 11.0. The highest BCUT2D eigenvalue weighted by Gasteiger charge is 2.22. The maximum Gasteiger partial charge on any atom is 0.165 e. The third-order valence-electron chi connectivity index (χ3n) is 6.21. The van der Waals surface area contributed by atoms with Gasteiger partial charge in [-0.2, -0.15) is 5.26 Å². The van der Waals surface area contributed by atoms with E-state index >= 15 is 0 Å². The summed E-state index contributed by atoms with van der Waals surface area (Å²) in [4.78, 5) is 9.76. The topological polar surface area (TPSA) is 54.5 Å². The largest absolute Gasteiger partial charge is 0.281 e. The van der Waals surface area contributed by atoms with E-state index in [4.69, 9.17) is 9.97 Å². The molecular formula is C28H23BrN4. The van der Waals surface area contributed by atoms with Crippen molar-refractivity contribution in [3.63, 3.8) is 0 Å². The molecule has 162 valence electrons. The maximum atomic E-state index is 9.56. The van der Waals surface area contributed by atoms with Crippen LogP contribution in [0.4, 0.5) is 0 Å². The van der Waals surface area contributed by atoms with Gasteiger partial charge in [0.25, 0.3) is 0 Å². The minimum absolute atomic E-state index is 0.804. The number of pyridine rings is 1. The van der Waals surface area contributed by atoms with Gasteiger partial charge in [-0.1, -0.05) is 41.1 Å². The molecule has 2 heterocycles. The first-order chi connectivity index (χ1) is 15.9. The Bertz CT molecular complexity index is 1550. The summed E-state index contributed by atoms with van der Waals surface area (Å²) in [6.07, 6.45) is 4.65. The van der Waals surface area contributed by atoms with E-state index < -0.39 is 0 Å². The molecule has 1 aliphatic rings. The van der Waals surface area contributed by atoms with Gasteiger partial charge in [0.15, 0.2) is 5.65 Å². The van der Waals surface area contributed by atoms with Gasteiger partial charge in [0.2, 0.25) is 0 Å². The second-order valence-electron chi connectivity index (χ2n) is 8.42. The van der Waals surface area contributed by atoms with Crippen LogP contribution in [-0.2, 0) is 6.42 Å². The van der Waals surface area contributed by atoms with Crippen LogP contribution in [0.25, 0.3) is 34.1 Å². The summed E-state index contributed by atoms with van der Waals surface area (Å²) in [5, 5.41) is 9.56. The highest BCUT2D eigenvalue weighted by molar-refractivity contribution is 9.10. The number of imidazole rings is 1. The number of rotatable bonds is 2. The molecule has 0 saturated carbocycles. The number of fused-ring (bicyclic) bond motifs is 3. The van der Waals surface area contributed by atoms with Crippen molar-refractivity contribution < 1.29 is 0 Å². The molecule has 5 rings (SSSR count). The van der Waals surface area contributed by atoms with Gasteiger partial charge in [0.05, 0.1) is 6.07 Å². The quantitative estimate of drug-likeness (QED) is 0.277. The van der Waals surface area contributed by atoms with Crippen LogP contribution in [0, 0.1) is 25.2 Å². The molecule has 2 aromatic carbocycles. The Morgan fingerprint density at radius 3 is 2.61 bits per heavy atom. The second kappa shape index (κ2) is 8.13. The molecule has 0 unspecified atom stereocenters. The average Bonchev–Trinajstić information content (AvgIpc) is 3.12. The maximum absolute atomic E-state index is 9.56. The monoisotopic (exact) mass is 494 g/mol. The van der Waals surface area contributed by atoms with E-state index in [1.54, 1.807) is 6.08 Å². The number of hydrogen-bond donors (Lipinski definition) is 0. The Morgan fingerprint density at radius 1 is 1.03 bits per heavy atom. The number of nitrogens with zero attached hydrogens (tertiary/aromatic N) is 4. The smallest absolute Gasteiger partial charge is 0.165 e. The van der Waals surface area contributed by atoms with E-state index in [0.29, 0.717) is 0 Å². The van der Waals surface area contributed by atoms with Gasteiger partial charge < -0.3 is 0 Å². The van der Waals surface area contributed by atoms with E-state index in [2.05, 4.69) is 83.7 Å². The Kier molecular flexibility index (Phi) is 5.26. The number of hydrogen-bond acceptors (Lipinski definition) is 3. The minimum Gasteiger partial charge on any atom is -0.281 e. The lowest BCUT2D eigenvalue weighted by atomic mass is 9.92. The number of nitriles is 1. The third-order valence-corrected chi connectivity index (χ3v) is 6.90. The van der Waals surface area contributed by atoms with E-state index in [1.165, 1.54) is 0 Å². The van der Waals surface area contributed by atoms with E-state index in [-0.39, 0.29) is 0 Å². The highest BCUT2D eigenvalue weighted by atomic mass is 79.9. The summed E-state index contributed by atoms with van der Waals surface area (Å²) in [5.74, 6) is 0.986. The average molecular weight is 495 g/mol. The highest BCUT2D eigenvalue weighted by Crippen LogP contribution is 2.40. The van der Waals surface area contributed by atoms with Crippen LogP contribution in [0.3, 0.4) is 0 Å². The summed E-state index contributed by atoms with van der Waals surface area (Å²) in [6.45, 7) is 8.36. The lowest BCUT2D eigenvalue weighted by Gasteiger charge is -2.15. The lowest BCUT2D eigenvalue weighted by Crippen LogP contribution is -2.03. The first kappa shape index (κ1) is 21.4. The van der Waals surface area contributed by atoms with Gasteiger partial charge in [-0.3, -0.25) is 4.57 Å². The predicted octanol–water partition coefficient (Wildman–Crippen LogP) is 7.19. The molecule has 4 aromatic rings. The molecule has 0 radical (unpaired) electrons. The van der Waals surface area contributed by atoms with Crippen LogP contribution in [0.5, 0.6) is 0 Å². The van der Waals surface area contributed by atoms with Gasteiger partial charge in [0, 0.05) is 33.9 Å². The molecule has 0 aliphatic heterocycles. The summed E-state index contributed by atoms with van der Waals surface area (Å²) >= 11 is 3.70. The molecule has 0 N–H and O–H groups in total. The summed E-state index contributed by atoms with van der Waals surface area (Å²) < 4.78 is 3.19. The molecule has 2 aromatic heterocycles. The fourth-order valence-electron chi connectivity index (χ4n) is 4.72.